The van der Waals surface area contributed by atoms with Gasteiger partial charge in [0.1, 0.15) is 5.54 Å². The Hall–Kier alpha value is -3.39. The van der Waals surface area contributed by atoms with Crippen molar-refractivity contribution in [2.45, 2.75) is 23.9 Å². The molecule has 4 rings (SSSR count). The van der Waals surface area contributed by atoms with Crippen LogP contribution in [0.3, 0.4) is 0 Å². The van der Waals surface area contributed by atoms with Crippen LogP contribution < -0.4 is 10.7 Å². The van der Waals surface area contributed by atoms with E-state index in [4.69, 9.17) is 0 Å². The second-order valence-electron chi connectivity index (χ2n) is 6.86. The average molecular weight is 420 g/mol. The van der Waals surface area contributed by atoms with E-state index in [0.717, 1.165) is 15.9 Å². The number of amides is 4. The number of hydrogen-bond acceptors (Lipinski definition) is 5. The number of para-hydroxylation sites is 1. The number of hydrazine groups is 1. The molecular formula is C22H20N4O3S. The summed E-state index contributed by atoms with van der Waals surface area (Å²) in [6.07, 6.45) is 0.365. The smallest absolute Gasteiger partial charge is 0.318 e. The van der Waals surface area contributed by atoms with Crippen molar-refractivity contribution in [1.29, 1.82) is 0 Å². The van der Waals surface area contributed by atoms with E-state index in [1.54, 1.807) is 24.3 Å². The molecule has 4 amide bonds. The number of carbonyl (C=O) groups excluding carboxylic acids is 3. The molecule has 1 saturated heterocycles. The number of hydrogen-bond donors (Lipinski definition) is 2. The van der Waals surface area contributed by atoms with Crippen LogP contribution in [0.1, 0.15) is 18.9 Å². The third-order valence-electron chi connectivity index (χ3n) is 5.05. The van der Waals surface area contributed by atoms with Gasteiger partial charge in [0.15, 0.2) is 0 Å². The van der Waals surface area contributed by atoms with Crippen molar-refractivity contribution in [3.63, 3.8) is 0 Å². The molecule has 7 nitrogen and oxygen atoms in total. The standard InChI is InChI=1S/C22H20N4O3S/c1-2-22(16-9-4-3-5-10-16)20(28)26(21(29)24-22)25-18(27)14-30-19-13-12-15-8-6-7-11-17(15)23-19/h3-13H,2,14H2,1H3,(H,24,29)(H,25,27). The van der Waals surface area contributed by atoms with E-state index in [0.29, 0.717) is 17.0 Å². The van der Waals surface area contributed by atoms with Crippen molar-refractivity contribution >= 4 is 40.5 Å². The second kappa shape index (κ2) is 8.16. The van der Waals surface area contributed by atoms with Gasteiger partial charge in [-0.1, -0.05) is 73.3 Å². The maximum atomic E-state index is 13.0. The van der Waals surface area contributed by atoms with Gasteiger partial charge in [-0.15, -0.1) is 0 Å². The summed E-state index contributed by atoms with van der Waals surface area (Å²) >= 11 is 1.24. The number of pyridine rings is 1. The number of nitrogens with zero attached hydrogens (tertiary/aromatic N) is 2. The molecule has 0 saturated carbocycles. The molecule has 0 spiro atoms. The molecule has 1 aliphatic heterocycles. The van der Waals surface area contributed by atoms with E-state index in [9.17, 15) is 14.4 Å². The SMILES string of the molecule is CCC1(c2ccccc2)NC(=O)N(NC(=O)CSc2ccc3ccccc3n2)C1=O. The van der Waals surface area contributed by atoms with Crippen molar-refractivity contribution in [3.8, 4) is 0 Å². The van der Waals surface area contributed by atoms with Crippen LogP contribution in [0.25, 0.3) is 10.9 Å². The van der Waals surface area contributed by atoms with E-state index >= 15 is 0 Å². The average Bonchev–Trinajstić information content (AvgIpc) is 3.03. The molecule has 2 aromatic carbocycles. The second-order valence-corrected chi connectivity index (χ2v) is 7.86. The highest BCUT2D eigenvalue weighted by Gasteiger charge is 2.52. The van der Waals surface area contributed by atoms with Crippen LogP contribution in [-0.2, 0) is 15.1 Å². The predicted octanol–water partition coefficient (Wildman–Crippen LogP) is 3.22. The summed E-state index contributed by atoms with van der Waals surface area (Å²) in [6, 6.07) is 19.9. The Morgan fingerprint density at radius 2 is 1.80 bits per heavy atom. The van der Waals surface area contributed by atoms with Gasteiger partial charge < -0.3 is 5.32 Å². The van der Waals surface area contributed by atoms with Crippen LogP contribution in [-0.4, -0.2) is 33.6 Å². The first kappa shape index (κ1) is 19.9. The van der Waals surface area contributed by atoms with Crippen LogP contribution in [0.5, 0.6) is 0 Å². The zero-order valence-corrected chi connectivity index (χ0v) is 17.1. The zero-order valence-electron chi connectivity index (χ0n) is 16.3. The number of nitrogens with one attached hydrogen (secondary N) is 2. The molecule has 1 fully saturated rings. The Morgan fingerprint density at radius 1 is 1.07 bits per heavy atom. The number of benzene rings is 2. The summed E-state index contributed by atoms with van der Waals surface area (Å²) < 4.78 is 0. The lowest BCUT2D eigenvalue weighted by molar-refractivity contribution is -0.138. The Kier molecular flexibility index (Phi) is 5.41. The number of thioether (sulfide) groups is 1. The van der Waals surface area contributed by atoms with Gasteiger partial charge in [-0.25, -0.2) is 9.78 Å². The summed E-state index contributed by atoms with van der Waals surface area (Å²) in [5.74, 6) is -0.936. The molecule has 2 N–H and O–H groups in total. The van der Waals surface area contributed by atoms with Gasteiger partial charge in [0, 0.05) is 5.39 Å². The molecule has 0 aliphatic carbocycles. The highest BCUT2D eigenvalue weighted by Crippen LogP contribution is 2.31. The lowest BCUT2D eigenvalue weighted by Gasteiger charge is -2.25. The number of rotatable bonds is 6. The highest BCUT2D eigenvalue weighted by molar-refractivity contribution is 7.99. The summed E-state index contributed by atoms with van der Waals surface area (Å²) in [4.78, 5) is 42.4. The van der Waals surface area contributed by atoms with Crippen LogP contribution in [0.2, 0.25) is 0 Å². The van der Waals surface area contributed by atoms with Gasteiger partial charge in [0.25, 0.3) is 5.91 Å². The molecule has 30 heavy (non-hydrogen) atoms. The quantitative estimate of drug-likeness (QED) is 0.472. The number of aromatic nitrogens is 1. The number of fused-ring (bicyclic) bond motifs is 1. The van der Waals surface area contributed by atoms with E-state index in [2.05, 4.69) is 15.7 Å². The fraction of sp³-hybridized carbons (Fsp3) is 0.182. The molecule has 1 unspecified atom stereocenters. The normalized spacial score (nSPS) is 18.5. The van der Waals surface area contributed by atoms with Crippen molar-refractivity contribution in [2.75, 3.05) is 5.75 Å². The summed E-state index contributed by atoms with van der Waals surface area (Å²) in [7, 11) is 0. The molecule has 0 bridgehead atoms. The minimum atomic E-state index is -1.18. The minimum Gasteiger partial charge on any atom is -0.318 e. The molecule has 2 heterocycles. The number of urea groups is 1. The van der Waals surface area contributed by atoms with Crippen molar-refractivity contribution < 1.29 is 14.4 Å². The van der Waals surface area contributed by atoms with Gasteiger partial charge in [0.05, 0.1) is 16.3 Å². The lowest BCUT2D eigenvalue weighted by Crippen LogP contribution is -2.49. The minimum absolute atomic E-state index is 0.0207. The molecule has 1 aliphatic rings. The first-order chi connectivity index (χ1) is 14.5. The first-order valence-corrected chi connectivity index (χ1v) is 10.5. The third-order valence-corrected chi connectivity index (χ3v) is 5.98. The van der Waals surface area contributed by atoms with E-state index in [1.165, 1.54) is 11.8 Å². The van der Waals surface area contributed by atoms with Gasteiger partial charge in [-0.2, -0.15) is 5.01 Å². The Morgan fingerprint density at radius 3 is 2.57 bits per heavy atom. The third kappa shape index (κ3) is 3.61. The topological polar surface area (TPSA) is 91.4 Å². The highest BCUT2D eigenvalue weighted by atomic mass is 32.2. The summed E-state index contributed by atoms with van der Waals surface area (Å²) in [6.45, 7) is 1.82. The molecular weight excluding hydrogens is 400 g/mol. The number of imide groups is 1. The maximum Gasteiger partial charge on any atom is 0.344 e. The van der Waals surface area contributed by atoms with Gasteiger partial charge in [-0.3, -0.25) is 15.0 Å². The fourth-order valence-electron chi connectivity index (χ4n) is 3.46. The molecule has 8 heteroatoms. The Balaban J connectivity index is 1.43. The first-order valence-electron chi connectivity index (χ1n) is 9.54. The van der Waals surface area contributed by atoms with Crippen LogP contribution in [0, 0.1) is 0 Å². The van der Waals surface area contributed by atoms with Crippen molar-refractivity contribution in [1.82, 2.24) is 20.7 Å². The van der Waals surface area contributed by atoms with E-state index < -0.39 is 23.4 Å². The Bertz CT molecular complexity index is 1120. The van der Waals surface area contributed by atoms with Crippen molar-refractivity contribution in [3.05, 3.63) is 72.3 Å². The molecule has 1 atom stereocenters. The van der Waals surface area contributed by atoms with Gasteiger partial charge >= 0.3 is 6.03 Å². The van der Waals surface area contributed by atoms with Crippen LogP contribution in [0.4, 0.5) is 4.79 Å². The molecule has 3 aromatic rings. The summed E-state index contributed by atoms with van der Waals surface area (Å²) in [5.41, 5.74) is 2.77. The maximum absolute atomic E-state index is 13.0. The molecule has 0 radical (unpaired) electrons. The zero-order chi connectivity index (χ0) is 21.1. The fourth-order valence-corrected chi connectivity index (χ4v) is 4.13. The molecule has 152 valence electrons. The van der Waals surface area contributed by atoms with Gasteiger partial charge in [0.2, 0.25) is 5.91 Å². The largest absolute Gasteiger partial charge is 0.344 e. The van der Waals surface area contributed by atoms with Crippen LogP contribution >= 0.6 is 11.8 Å². The predicted molar refractivity (Wildman–Crippen MR) is 114 cm³/mol. The molecule has 1 aromatic heterocycles. The number of carbonyl (C=O) groups is 3. The van der Waals surface area contributed by atoms with Crippen LogP contribution in [0.15, 0.2) is 71.8 Å². The van der Waals surface area contributed by atoms with Crippen molar-refractivity contribution in [2.24, 2.45) is 0 Å². The summed E-state index contributed by atoms with van der Waals surface area (Å²) in [5, 5.41) is 5.21. The Labute approximate surface area is 177 Å². The van der Waals surface area contributed by atoms with Gasteiger partial charge in [-0.05, 0) is 24.1 Å². The van der Waals surface area contributed by atoms with E-state index in [1.807, 2.05) is 49.4 Å². The monoisotopic (exact) mass is 420 g/mol. The van der Waals surface area contributed by atoms with E-state index in [-0.39, 0.29) is 5.75 Å². The lowest BCUT2D eigenvalue weighted by atomic mass is 9.87.